The van der Waals surface area contributed by atoms with Crippen LogP contribution in [0.5, 0.6) is 0 Å². The molecule has 9 nitrogen and oxygen atoms in total. The number of ether oxygens (including phenoxy) is 2. The number of amides is 1. The second kappa shape index (κ2) is 10.2. The van der Waals surface area contributed by atoms with E-state index in [0.29, 0.717) is 25.3 Å². The predicted molar refractivity (Wildman–Crippen MR) is 155 cm³/mol. The van der Waals surface area contributed by atoms with E-state index in [4.69, 9.17) is 9.47 Å². The maximum Gasteiger partial charge on any atom is 0.418 e. The summed E-state index contributed by atoms with van der Waals surface area (Å²) in [6.45, 7) is 12.8. The molecule has 1 N–H and O–H groups in total. The van der Waals surface area contributed by atoms with Crippen LogP contribution in [0.4, 0.5) is 9.59 Å². The Morgan fingerprint density at radius 1 is 0.825 bits per heavy atom. The summed E-state index contributed by atoms with van der Waals surface area (Å²) in [5, 5.41) is 10.2. The fourth-order valence-electron chi connectivity index (χ4n) is 5.43. The van der Waals surface area contributed by atoms with Crippen LogP contribution in [0.15, 0.2) is 54.7 Å². The van der Waals surface area contributed by atoms with Gasteiger partial charge in [0.1, 0.15) is 11.2 Å². The molecule has 1 saturated heterocycles. The highest BCUT2D eigenvalue weighted by molar-refractivity contribution is 5.91. The maximum absolute atomic E-state index is 12.8. The number of carbonyl (C=O) groups excluding carboxylic acids is 2. The first-order valence-corrected chi connectivity index (χ1v) is 13.9. The Labute approximate surface area is 234 Å². The van der Waals surface area contributed by atoms with E-state index in [1.54, 1.807) is 11.1 Å². The van der Waals surface area contributed by atoms with Crippen molar-refractivity contribution < 1.29 is 19.1 Å². The minimum atomic E-state index is -0.591. The molecule has 1 amide bonds. The molecule has 1 aliphatic heterocycles. The van der Waals surface area contributed by atoms with Crippen molar-refractivity contribution in [3.8, 4) is 0 Å². The lowest BCUT2D eigenvalue weighted by molar-refractivity contribution is 0.0188. The molecule has 0 atom stereocenters. The molecule has 9 heteroatoms. The summed E-state index contributed by atoms with van der Waals surface area (Å²) in [5.41, 5.74) is 3.07. The van der Waals surface area contributed by atoms with Crippen LogP contribution in [0.25, 0.3) is 21.9 Å². The van der Waals surface area contributed by atoms with Crippen molar-refractivity contribution in [3.63, 3.8) is 0 Å². The zero-order valence-electron chi connectivity index (χ0n) is 24.2. The zero-order chi connectivity index (χ0) is 28.8. The molecular formula is C31H39N5O4. The zero-order valence-corrected chi connectivity index (χ0v) is 24.2. The number of rotatable bonds is 3. The molecule has 0 spiro atoms. The van der Waals surface area contributed by atoms with E-state index in [1.807, 2.05) is 88.6 Å². The second-order valence-electron chi connectivity index (χ2n) is 12.5. The number of imidazole rings is 1. The number of nitrogens with zero attached hydrogens (tertiary/aromatic N) is 4. The smallest absolute Gasteiger partial charge is 0.418 e. The van der Waals surface area contributed by atoms with E-state index >= 15 is 0 Å². The highest BCUT2D eigenvalue weighted by Gasteiger charge is 2.29. The first-order chi connectivity index (χ1) is 18.8. The number of hydrogen-bond donors (Lipinski definition) is 1. The summed E-state index contributed by atoms with van der Waals surface area (Å²) in [4.78, 5) is 27.2. The van der Waals surface area contributed by atoms with Crippen LogP contribution < -0.4 is 5.62 Å². The maximum atomic E-state index is 12.8. The van der Waals surface area contributed by atoms with Gasteiger partial charge in [-0.25, -0.2) is 9.59 Å². The molecule has 0 radical (unpaired) electrons. The summed E-state index contributed by atoms with van der Waals surface area (Å²) < 4.78 is 16.8. The molecule has 40 heavy (non-hydrogen) atoms. The van der Waals surface area contributed by atoms with Crippen molar-refractivity contribution >= 4 is 34.1 Å². The predicted octanol–water partition coefficient (Wildman–Crippen LogP) is 6.28. The largest absolute Gasteiger partial charge is 0.444 e. The summed E-state index contributed by atoms with van der Waals surface area (Å²) in [6, 6.07) is 16.0. The van der Waals surface area contributed by atoms with Crippen molar-refractivity contribution in [1.29, 1.82) is 5.41 Å². The molecule has 2 aromatic heterocycles. The van der Waals surface area contributed by atoms with Crippen molar-refractivity contribution in [2.24, 2.45) is 0 Å². The second-order valence-corrected chi connectivity index (χ2v) is 12.5. The van der Waals surface area contributed by atoms with Gasteiger partial charge in [-0.3, -0.25) is 9.98 Å². The highest BCUT2D eigenvalue weighted by atomic mass is 16.6. The summed E-state index contributed by atoms with van der Waals surface area (Å²) in [5.74, 6) is 0. The van der Waals surface area contributed by atoms with Gasteiger partial charge in [-0.1, -0.05) is 24.3 Å². The molecular weight excluding hydrogens is 506 g/mol. The third-order valence-corrected chi connectivity index (χ3v) is 7.14. The number of para-hydroxylation sites is 2. The van der Waals surface area contributed by atoms with Gasteiger partial charge in [0.05, 0.1) is 23.1 Å². The van der Waals surface area contributed by atoms with Crippen LogP contribution in [-0.2, 0) is 16.0 Å². The number of likely N-dealkylation sites (tertiary alicyclic amines) is 1. The topological polar surface area (TPSA) is 94.5 Å². The number of benzene rings is 2. The summed E-state index contributed by atoms with van der Waals surface area (Å²) >= 11 is 0. The lowest BCUT2D eigenvalue weighted by atomic mass is 10.0. The standard InChI is InChI=1S/C31H39N5O4/c1-30(2,3)39-28(37)33-17-14-22(15-18-33)36-26-12-8-7-11-25(26)35(27(36)32)20-21-10-9-13-24-23(21)16-19-34(24)29(38)40-31(4,5)6/h7-13,16,19,22,32H,14-15,17-18,20H2,1-6H3. The van der Waals surface area contributed by atoms with Crippen molar-refractivity contribution in [1.82, 2.24) is 18.6 Å². The lowest BCUT2D eigenvalue weighted by Gasteiger charge is -2.34. The van der Waals surface area contributed by atoms with Gasteiger partial charge < -0.3 is 23.5 Å². The number of carbonyl (C=O) groups is 2. The van der Waals surface area contributed by atoms with E-state index in [1.165, 1.54) is 4.57 Å². The van der Waals surface area contributed by atoms with Crippen LogP contribution in [-0.4, -0.2) is 55.1 Å². The highest BCUT2D eigenvalue weighted by Crippen LogP contribution is 2.28. The van der Waals surface area contributed by atoms with Gasteiger partial charge in [-0.2, -0.15) is 0 Å². The molecule has 5 rings (SSSR count). The molecule has 0 aliphatic carbocycles. The Morgan fingerprint density at radius 3 is 2.08 bits per heavy atom. The van der Waals surface area contributed by atoms with Gasteiger partial charge >= 0.3 is 12.2 Å². The summed E-state index contributed by atoms with van der Waals surface area (Å²) in [6.07, 6.45) is 2.55. The molecule has 0 unspecified atom stereocenters. The van der Waals surface area contributed by atoms with Crippen LogP contribution in [0.1, 0.15) is 66.0 Å². The van der Waals surface area contributed by atoms with E-state index < -0.39 is 17.3 Å². The van der Waals surface area contributed by atoms with Crippen LogP contribution in [0, 0.1) is 5.41 Å². The SMILES string of the molecule is CC(C)(C)OC(=O)N1CCC(n2c(=N)n(Cc3cccc4c3ccn4C(=O)OC(C)(C)C)c3ccccc32)CC1. The van der Waals surface area contributed by atoms with Crippen LogP contribution in [0.3, 0.4) is 0 Å². The minimum absolute atomic E-state index is 0.0985. The average molecular weight is 546 g/mol. The number of aromatic nitrogens is 3. The van der Waals surface area contributed by atoms with Crippen molar-refractivity contribution in [2.45, 2.75) is 78.2 Å². The quantitative estimate of drug-likeness (QED) is 0.328. The first-order valence-electron chi connectivity index (χ1n) is 13.9. The molecule has 4 aromatic rings. The third-order valence-electron chi connectivity index (χ3n) is 7.14. The first kappa shape index (κ1) is 27.6. The average Bonchev–Trinajstić information content (AvgIpc) is 3.42. The van der Waals surface area contributed by atoms with E-state index in [9.17, 15) is 15.0 Å². The Kier molecular flexibility index (Phi) is 7.02. The number of hydrogen-bond acceptors (Lipinski definition) is 5. The number of piperidine rings is 1. The van der Waals surface area contributed by atoms with Crippen molar-refractivity contribution in [3.05, 3.63) is 65.9 Å². The summed E-state index contributed by atoms with van der Waals surface area (Å²) in [7, 11) is 0. The molecule has 3 heterocycles. The fraction of sp³-hybridized carbons (Fsp3) is 0.452. The van der Waals surface area contributed by atoms with E-state index in [-0.39, 0.29) is 12.1 Å². The van der Waals surface area contributed by atoms with Gasteiger partial charge in [-0.05, 0) is 84.2 Å². The molecule has 0 saturated carbocycles. The lowest BCUT2D eigenvalue weighted by Crippen LogP contribution is -2.43. The van der Waals surface area contributed by atoms with Crippen LogP contribution in [0.2, 0.25) is 0 Å². The Balaban J connectivity index is 1.44. The van der Waals surface area contributed by atoms with Crippen LogP contribution >= 0.6 is 0 Å². The third kappa shape index (κ3) is 5.50. The Morgan fingerprint density at radius 2 is 1.43 bits per heavy atom. The van der Waals surface area contributed by atoms with Gasteiger partial charge in [-0.15, -0.1) is 0 Å². The minimum Gasteiger partial charge on any atom is -0.444 e. The monoisotopic (exact) mass is 545 g/mol. The van der Waals surface area contributed by atoms with E-state index in [0.717, 1.165) is 40.3 Å². The normalized spacial score (nSPS) is 15.1. The number of fused-ring (bicyclic) bond motifs is 2. The Hall–Kier alpha value is -4.01. The molecule has 2 aromatic carbocycles. The molecule has 1 fully saturated rings. The molecule has 212 valence electrons. The van der Waals surface area contributed by atoms with E-state index in [2.05, 4.69) is 10.6 Å². The Bertz CT molecular complexity index is 1620. The van der Waals surface area contributed by atoms with Gasteiger partial charge in [0.25, 0.3) is 0 Å². The van der Waals surface area contributed by atoms with Gasteiger partial charge in [0.2, 0.25) is 5.62 Å². The molecule has 0 bridgehead atoms. The fourth-order valence-corrected chi connectivity index (χ4v) is 5.43. The molecule has 1 aliphatic rings. The van der Waals surface area contributed by atoms with Gasteiger partial charge in [0, 0.05) is 30.7 Å². The van der Waals surface area contributed by atoms with Gasteiger partial charge in [0.15, 0.2) is 0 Å². The number of nitrogens with one attached hydrogen (secondary N) is 1. The van der Waals surface area contributed by atoms with Crippen molar-refractivity contribution in [2.75, 3.05) is 13.1 Å².